The molecular formula is C21H25F2N3O3. The Morgan fingerprint density at radius 2 is 1.90 bits per heavy atom. The Balaban J connectivity index is 1.54. The van der Waals surface area contributed by atoms with Crippen molar-refractivity contribution in [3.8, 4) is 5.75 Å². The second kappa shape index (κ2) is 10.2. The van der Waals surface area contributed by atoms with Gasteiger partial charge in [0.1, 0.15) is 11.6 Å². The van der Waals surface area contributed by atoms with Crippen LogP contribution in [0.3, 0.4) is 0 Å². The number of hydrogen-bond acceptors (Lipinski definition) is 6. The number of hydrogen-bond donors (Lipinski definition) is 0. The smallest absolute Gasteiger partial charge is 0.387 e. The van der Waals surface area contributed by atoms with Crippen molar-refractivity contribution in [3.63, 3.8) is 0 Å². The molecule has 3 rings (SSSR count). The molecule has 0 N–H and O–H groups in total. The van der Waals surface area contributed by atoms with Crippen molar-refractivity contribution in [2.75, 3.05) is 37.7 Å². The van der Waals surface area contributed by atoms with Crippen molar-refractivity contribution < 1.29 is 23.0 Å². The summed E-state index contributed by atoms with van der Waals surface area (Å²) in [6.07, 6.45) is 2.53. The van der Waals surface area contributed by atoms with Crippen LogP contribution in [0.2, 0.25) is 0 Å². The van der Waals surface area contributed by atoms with Crippen molar-refractivity contribution in [1.82, 2.24) is 9.88 Å². The zero-order valence-corrected chi connectivity index (χ0v) is 16.4. The number of pyridine rings is 1. The molecule has 1 aliphatic rings. The third-order valence-electron chi connectivity index (χ3n) is 4.73. The molecule has 8 heteroatoms. The number of aromatic nitrogens is 1. The lowest BCUT2D eigenvalue weighted by atomic mass is 10.2. The van der Waals surface area contributed by atoms with Crippen molar-refractivity contribution in [2.24, 2.45) is 0 Å². The lowest BCUT2D eigenvalue weighted by Crippen LogP contribution is -2.31. The van der Waals surface area contributed by atoms with Crippen LogP contribution < -0.4 is 9.64 Å². The lowest BCUT2D eigenvalue weighted by Gasteiger charge is -2.23. The van der Waals surface area contributed by atoms with Crippen LogP contribution in [0.4, 0.5) is 14.6 Å². The number of halogens is 2. The van der Waals surface area contributed by atoms with Crippen LogP contribution in [0.1, 0.15) is 29.3 Å². The first-order valence-corrected chi connectivity index (χ1v) is 9.69. The number of benzene rings is 1. The van der Waals surface area contributed by atoms with Gasteiger partial charge in [-0.05, 0) is 43.2 Å². The van der Waals surface area contributed by atoms with E-state index in [2.05, 4.69) is 19.5 Å². The molecule has 29 heavy (non-hydrogen) atoms. The molecular weight excluding hydrogens is 380 g/mol. The topological polar surface area (TPSA) is 54.9 Å². The summed E-state index contributed by atoms with van der Waals surface area (Å²) in [4.78, 5) is 20.7. The minimum absolute atomic E-state index is 0.170. The molecule has 1 aliphatic heterocycles. The molecule has 1 saturated heterocycles. The molecule has 0 amide bonds. The van der Waals surface area contributed by atoms with E-state index in [0.717, 1.165) is 50.5 Å². The lowest BCUT2D eigenvalue weighted by molar-refractivity contribution is -0.0498. The number of ether oxygens (including phenoxy) is 2. The van der Waals surface area contributed by atoms with E-state index in [-0.39, 0.29) is 11.7 Å². The van der Waals surface area contributed by atoms with E-state index in [4.69, 9.17) is 4.74 Å². The molecule has 0 radical (unpaired) electrons. The Hall–Kier alpha value is -2.74. The molecule has 0 spiro atoms. The highest BCUT2D eigenvalue weighted by molar-refractivity contribution is 5.89. The third kappa shape index (κ3) is 6.12. The van der Waals surface area contributed by atoms with Gasteiger partial charge < -0.3 is 14.4 Å². The van der Waals surface area contributed by atoms with Crippen molar-refractivity contribution in [1.29, 1.82) is 0 Å². The van der Waals surface area contributed by atoms with Gasteiger partial charge in [-0.15, -0.1) is 0 Å². The molecule has 0 atom stereocenters. The normalized spacial score (nSPS) is 15.2. The first-order chi connectivity index (χ1) is 14.0. The summed E-state index contributed by atoms with van der Waals surface area (Å²) in [7, 11) is 0. The van der Waals surface area contributed by atoms with Crippen molar-refractivity contribution in [2.45, 2.75) is 26.5 Å². The maximum absolute atomic E-state index is 12.2. The standard InChI is InChI=1S/C21H25F2N3O3/c1-2-28-20(27)17-6-9-19(24-14-17)26-11-3-10-25(12-13-26)15-16-4-7-18(8-5-16)29-21(22)23/h4-9,14,21H,2-3,10-13,15H2,1H3. The zero-order valence-electron chi connectivity index (χ0n) is 16.4. The fraction of sp³-hybridized carbons (Fsp3) is 0.429. The summed E-state index contributed by atoms with van der Waals surface area (Å²) in [5, 5.41) is 0. The van der Waals surface area contributed by atoms with Crippen molar-refractivity contribution in [3.05, 3.63) is 53.7 Å². The highest BCUT2D eigenvalue weighted by atomic mass is 19.3. The Kier molecular flexibility index (Phi) is 7.35. The Morgan fingerprint density at radius 3 is 2.55 bits per heavy atom. The van der Waals surface area contributed by atoms with E-state index in [1.807, 2.05) is 18.2 Å². The monoisotopic (exact) mass is 405 g/mol. The summed E-state index contributed by atoms with van der Waals surface area (Å²) < 4.78 is 33.9. The molecule has 156 valence electrons. The Labute approximate surface area is 169 Å². The fourth-order valence-corrected chi connectivity index (χ4v) is 3.30. The van der Waals surface area contributed by atoms with E-state index in [1.165, 1.54) is 0 Å². The Morgan fingerprint density at radius 1 is 1.10 bits per heavy atom. The van der Waals surface area contributed by atoms with E-state index < -0.39 is 6.61 Å². The van der Waals surface area contributed by atoms with E-state index in [9.17, 15) is 13.6 Å². The molecule has 0 unspecified atom stereocenters. The van der Waals surface area contributed by atoms with Gasteiger partial charge in [0.25, 0.3) is 0 Å². The van der Waals surface area contributed by atoms with Crippen LogP contribution in [0.25, 0.3) is 0 Å². The molecule has 6 nitrogen and oxygen atoms in total. The second-order valence-electron chi connectivity index (χ2n) is 6.76. The Bertz CT molecular complexity index is 785. The maximum atomic E-state index is 12.2. The number of carbonyl (C=O) groups excluding carboxylic acids is 1. The van der Waals surface area contributed by atoms with Crippen LogP contribution >= 0.6 is 0 Å². The van der Waals surface area contributed by atoms with Crippen LogP contribution in [0.5, 0.6) is 5.75 Å². The molecule has 0 bridgehead atoms. The number of nitrogens with zero attached hydrogens (tertiary/aromatic N) is 3. The van der Waals surface area contributed by atoms with Gasteiger partial charge in [0.2, 0.25) is 0 Å². The molecule has 1 aromatic heterocycles. The highest BCUT2D eigenvalue weighted by Gasteiger charge is 2.17. The molecule has 2 heterocycles. The van der Waals surface area contributed by atoms with Gasteiger partial charge in [0, 0.05) is 38.9 Å². The molecule has 2 aromatic rings. The van der Waals surface area contributed by atoms with Gasteiger partial charge in [0.05, 0.1) is 12.2 Å². The SMILES string of the molecule is CCOC(=O)c1ccc(N2CCCN(Cc3ccc(OC(F)F)cc3)CC2)nc1. The summed E-state index contributed by atoms with van der Waals surface area (Å²) >= 11 is 0. The minimum atomic E-state index is -2.81. The number of rotatable bonds is 7. The molecule has 0 aliphatic carbocycles. The van der Waals surface area contributed by atoms with Gasteiger partial charge >= 0.3 is 12.6 Å². The number of alkyl halides is 2. The first kappa shape index (κ1) is 21.0. The van der Waals surface area contributed by atoms with Crippen LogP contribution in [0, 0.1) is 0 Å². The summed E-state index contributed by atoms with van der Waals surface area (Å²) in [5.74, 6) is 0.648. The highest BCUT2D eigenvalue weighted by Crippen LogP contribution is 2.18. The quantitative estimate of drug-likeness (QED) is 0.657. The zero-order chi connectivity index (χ0) is 20.6. The van der Waals surface area contributed by atoms with Crippen LogP contribution in [-0.2, 0) is 11.3 Å². The second-order valence-corrected chi connectivity index (χ2v) is 6.76. The fourth-order valence-electron chi connectivity index (χ4n) is 3.30. The largest absolute Gasteiger partial charge is 0.462 e. The van der Waals surface area contributed by atoms with Crippen LogP contribution in [0.15, 0.2) is 42.6 Å². The minimum Gasteiger partial charge on any atom is -0.462 e. The average Bonchev–Trinajstić information content (AvgIpc) is 2.95. The predicted octanol–water partition coefficient (Wildman–Crippen LogP) is 3.57. The van der Waals surface area contributed by atoms with Gasteiger partial charge in [-0.25, -0.2) is 9.78 Å². The molecule has 1 fully saturated rings. The number of anilines is 1. The first-order valence-electron chi connectivity index (χ1n) is 9.69. The van der Waals surface area contributed by atoms with Crippen LogP contribution in [-0.4, -0.2) is 55.3 Å². The van der Waals surface area contributed by atoms with Gasteiger partial charge in [0.15, 0.2) is 0 Å². The number of carbonyl (C=O) groups is 1. The maximum Gasteiger partial charge on any atom is 0.387 e. The number of esters is 1. The average molecular weight is 405 g/mol. The molecule has 0 saturated carbocycles. The summed E-state index contributed by atoms with van der Waals surface area (Å²) in [6.45, 7) is 3.54. The van der Waals surface area contributed by atoms with E-state index in [1.54, 1.807) is 31.3 Å². The van der Waals surface area contributed by atoms with E-state index >= 15 is 0 Å². The summed E-state index contributed by atoms with van der Waals surface area (Å²) in [6, 6.07) is 10.4. The van der Waals surface area contributed by atoms with Gasteiger partial charge in [-0.1, -0.05) is 12.1 Å². The van der Waals surface area contributed by atoms with Gasteiger partial charge in [-0.3, -0.25) is 4.90 Å². The van der Waals surface area contributed by atoms with E-state index in [0.29, 0.717) is 12.2 Å². The summed E-state index contributed by atoms with van der Waals surface area (Å²) in [5.41, 5.74) is 1.50. The molecule has 1 aromatic carbocycles. The van der Waals surface area contributed by atoms with Crippen molar-refractivity contribution >= 4 is 11.8 Å². The van der Waals surface area contributed by atoms with Gasteiger partial charge in [-0.2, -0.15) is 8.78 Å². The third-order valence-corrected chi connectivity index (χ3v) is 4.73. The predicted molar refractivity (Wildman–Crippen MR) is 105 cm³/mol.